The van der Waals surface area contributed by atoms with Gasteiger partial charge in [0.2, 0.25) is 11.7 Å². The molecule has 1 aliphatic rings. The first kappa shape index (κ1) is 22.6. The molecule has 2 N–H and O–H groups in total. The first-order valence-electron chi connectivity index (χ1n) is 9.63. The summed E-state index contributed by atoms with van der Waals surface area (Å²) in [6, 6.07) is 3.19. The number of nitrogens with one attached hydrogen (secondary N) is 2. The Morgan fingerprint density at radius 1 is 1.03 bits per heavy atom. The lowest BCUT2D eigenvalue weighted by molar-refractivity contribution is -0.122. The monoisotopic (exact) mass is 409 g/mol. The summed E-state index contributed by atoms with van der Waals surface area (Å²) in [7, 11) is 6.18. The maximum absolute atomic E-state index is 12.6. The molecule has 0 atom stereocenters. The van der Waals surface area contributed by atoms with E-state index < -0.39 is 0 Å². The zero-order valence-electron chi connectivity index (χ0n) is 17.6. The van der Waals surface area contributed by atoms with E-state index in [0.29, 0.717) is 55.6 Å². The molecule has 29 heavy (non-hydrogen) atoms. The van der Waals surface area contributed by atoms with Crippen LogP contribution in [0.3, 0.4) is 0 Å². The van der Waals surface area contributed by atoms with Crippen molar-refractivity contribution in [1.82, 2.24) is 10.2 Å². The van der Waals surface area contributed by atoms with Gasteiger partial charge in [0, 0.05) is 45.3 Å². The Bertz CT molecular complexity index is 664. The Morgan fingerprint density at radius 3 is 2.17 bits per heavy atom. The SMILES string of the molecule is COCCNC(=O)CC1CCN(C(=O)Nc2cc(OC)c(OC)c(OC)c2)CC1. The van der Waals surface area contributed by atoms with Gasteiger partial charge in [-0.3, -0.25) is 4.79 Å². The molecule has 1 fully saturated rings. The van der Waals surface area contributed by atoms with Gasteiger partial charge < -0.3 is 34.5 Å². The van der Waals surface area contributed by atoms with Gasteiger partial charge in [0.05, 0.1) is 33.6 Å². The zero-order chi connectivity index (χ0) is 21.2. The maximum atomic E-state index is 12.6. The first-order chi connectivity index (χ1) is 14.0. The zero-order valence-corrected chi connectivity index (χ0v) is 17.6. The molecule has 0 radical (unpaired) electrons. The molecule has 0 bridgehead atoms. The van der Waals surface area contributed by atoms with Crippen molar-refractivity contribution < 1.29 is 28.5 Å². The molecule has 0 aromatic heterocycles. The highest BCUT2D eigenvalue weighted by molar-refractivity contribution is 5.90. The highest BCUT2D eigenvalue weighted by atomic mass is 16.5. The van der Waals surface area contributed by atoms with Crippen molar-refractivity contribution in [2.75, 3.05) is 60.0 Å². The molecule has 3 amide bonds. The topological polar surface area (TPSA) is 98.4 Å². The number of ether oxygens (including phenoxy) is 4. The number of methoxy groups -OCH3 is 4. The van der Waals surface area contributed by atoms with Crippen molar-refractivity contribution >= 4 is 17.6 Å². The number of piperidine rings is 1. The Morgan fingerprint density at radius 2 is 1.66 bits per heavy atom. The highest BCUT2D eigenvalue weighted by Crippen LogP contribution is 2.40. The number of amides is 3. The third-order valence-corrected chi connectivity index (χ3v) is 4.92. The van der Waals surface area contributed by atoms with Crippen LogP contribution in [-0.4, -0.2) is 71.5 Å². The molecule has 9 nitrogen and oxygen atoms in total. The van der Waals surface area contributed by atoms with Crippen LogP contribution in [0.2, 0.25) is 0 Å². The second kappa shape index (κ2) is 11.4. The molecule has 1 heterocycles. The number of carbonyl (C=O) groups is 2. The van der Waals surface area contributed by atoms with Crippen LogP contribution >= 0.6 is 0 Å². The molecular formula is C20H31N3O6. The molecule has 1 saturated heterocycles. The fourth-order valence-electron chi connectivity index (χ4n) is 3.32. The normalized spacial score (nSPS) is 14.3. The average Bonchev–Trinajstić information content (AvgIpc) is 2.73. The number of nitrogens with zero attached hydrogens (tertiary/aromatic N) is 1. The lowest BCUT2D eigenvalue weighted by atomic mass is 9.93. The third kappa shape index (κ3) is 6.42. The Hall–Kier alpha value is -2.68. The minimum Gasteiger partial charge on any atom is -0.493 e. The van der Waals surface area contributed by atoms with E-state index in [0.717, 1.165) is 12.8 Å². The quantitative estimate of drug-likeness (QED) is 0.606. The predicted octanol–water partition coefficient (Wildman–Crippen LogP) is 2.11. The molecule has 9 heteroatoms. The first-order valence-corrected chi connectivity index (χ1v) is 9.63. The molecule has 0 unspecified atom stereocenters. The average molecular weight is 409 g/mol. The van der Waals surface area contributed by atoms with Crippen molar-refractivity contribution in [1.29, 1.82) is 0 Å². The van der Waals surface area contributed by atoms with E-state index in [-0.39, 0.29) is 17.9 Å². The molecule has 1 aliphatic heterocycles. The fourth-order valence-corrected chi connectivity index (χ4v) is 3.32. The Balaban J connectivity index is 1.87. The smallest absolute Gasteiger partial charge is 0.321 e. The van der Waals surface area contributed by atoms with E-state index in [4.69, 9.17) is 18.9 Å². The minimum absolute atomic E-state index is 0.0300. The number of likely N-dealkylation sites (tertiary alicyclic amines) is 1. The van der Waals surface area contributed by atoms with Gasteiger partial charge in [-0.05, 0) is 18.8 Å². The summed E-state index contributed by atoms with van der Waals surface area (Å²) in [6.45, 7) is 2.23. The van der Waals surface area contributed by atoms with Gasteiger partial charge in [-0.2, -0.15) is 0 Å². The summed E-state index contributed by atoms with van der Waals surface area (Å²) in [5.74, 6) is 1.73. The summed E-state index contributed by atoms with van der Waals surface area (Å²) in [5.41, 5.74) is 0.559. The van der Waals surface area contributed by atoms with Gasteiger partial charge in [0.15, 0.2) is 11.5 Å². The van der Waals surface area contributed by atoms with Gasteiger partial charge in [-0.15, -0.1) is 0 Å². The second-order valence-corrected chi connectivity index (χ2v) is 6.82. The Kier molecular flexibility index (Phi) is 8.85. The molecule has 162 valence electrons. The van der Waals surface area contributed by atoms with Crippen LogP contribution in [0.1, 0.15) is 19.3 Å². The molecule has 0 spiro atoms. The maximum Gasteiger partial charge on any atom is 0.321 e. The van der Waals surface area contributed by atoms with Crippen molar-refractivity contribution in [3.63, 3.8) is 0 Å². The van der Waals surface area contributed by atoms with Crippen LogP contribution in [0.15, 0.2) is 12.1 Å². The van der Waals surface area contributed by atoms with E-state index in [1.165, 1.54) is 21.3 Å². The molecule has 1 aromatic rings. The van der Waals surface area contributed by atoms with Gasteiger partial charge >= 0.3 is 6.03 Å². The summed E-state index contributed by atoms with van der Waals surface area (Å²) >= 11 is 0. The number of hydrogen-bond donors (Lipinski definition) is 2. The fraction of sp³-hybridized carbons (Fsp3) is 0.600. The summed E-state index contributed by atoms with van der Waals surface area (Å²) in [6.07, 6.45) is 2.06. The number of benzene rings is 1. The van der Waals surface area contributed by atoms with Crippen LogP contribution in [0.25, 0.3) is 0 Å². The van der Waals surface area contributed by atoms with Gasteiger partial charge in [0.1, 0.15) is 0 Å². The number of rotatable bonds is 9. The van der Waals surface area contributed by atoms with Gasteiger partial charge in [-0.1, -0.05) is 0 Å². The highest BCUT2D eigenvalue weighted by Gasteiger charge is 2.25. The lowest BCUT2D eigenvalue weighted by Gasteiger charge is -2.31. The molecule has 0 aliphatic carbocycles. The number of anilines is 1. The van der Waals surface area contributed by atoms with Crippen molar-refractivity contribution in [2.24, 2.45) is 5.92 Å². The number of hydrogen-bond acceptors (Lipinski definition) is 6. The summed E-state index contributed by atoms with van der Waals surface area (Å²) < 4.78 is 20.9. The van der Waals surface area contributed by atoms with Crippen LogP contribution in [0.4, 0.5) is 10.5 Å². The molecule has 1 aromatic carbocycles. The third-order valence-electron chi connectivity index (χ3n) is 4.92. The molecular weight excluding hydrogens is 378 g/mol. The van der Waals surface area contributed by atoms with E-state index in [1.54, 1.807) is 24.1 Å². The lowest BCUT2D eigenvalue weighted by Crippen LogP contribution is -2.42. The van der Waals surface area contributed by atoms with Crippen LogP contribution in [0.5, 0.6) is 17.2 Å². The van der Waals surface area contributed by atoms with Crippen LogP contribution in [-0.2, 0) is 9.53 Å². The van der Waals surface area contributed by atoms with Gasteiger partial charge in [-0.25, -0.2) is 4.79 Å². The number of carbonyl (C=O) groups excluding carboxylic acids is 2. The van der Waals surface area contributed by atoms with Crippen LogP contribution in [0, 0.1) is 5.92 Å². The van der Waals surface area contributed by atoms with E-state index in [9.17, 15) is 9.59 Å². The second-order valence-electron chi connectivity index (χ2n) is 6.82. The van der Waals surface area contributed by atoms with E-state index >= 15 is 0 Å². The van der Waals surface area contributed by atoms with E-state index in [1.807, 2.05) is 0 Å². The van der Waals surface area contributed by atoms with Gasteiger partial charge in [0.25, 0.3) is 0 Å². The van der Waals surface area contributed by atoms with E-state index in [2.05, 4.69) is 10.6 Å². The number of urea groups is 1. The molecule has 2 rings (SSSR count). The Labute approximate surface area is 171 Å². The largest absolute Gasteiger partial charge is 0.493 e. The van der Waals surface area contributed by atoms with Crippen molar-refractivity contribution in [2.45, 2.75) is 19.3 Å². The summed E-state index contributed by atoms with van der Waals surface area (Å²) in [5, 5.41) is 5.72. The van der Waals surface area contributed by atoms with Crippen molar-refractivity contribution in [3.05, 3.63) is 12.1 Å². The molecule has 0 saturated carbocycles. The van der Waals surface area contributed by atoms with Crippen LogP contribution < -0.4 is 24.8 Å². The standard InChI is InChI=1S/C20H31N3O6/c1-26-10-7-21-18(24)11-14-5-8-23(9-6-14)20(25)22-15-12-16(27-2)19(29-4)17(13-15)28-3/h12-14H,5-11H2,1-4H3,(H,21,24)(H,22,25). The predicted molar refractivity (Wildman–Crippen MR) is 109 cm³/mol. The summed E-state index contributed by atoms with van der Waals surface area (Å²) in [4.78, 5) is 26.3. The van der Waals surface area contributed by atoms with Crippen molar-refractivity contribution in [3.8, 4) is 17.2 Å². The minimum atomic E-state index is -0.192.